The zero-order valence-electron chi connectivity index (χ0n) is 31.7. The molecule has 0 bridgehead atoms. The number of thiol groups is 3. The fourth-order valence-electron chi connectivity index (χ4n) is 5.42. The zero-order valence-corrected chi connectivity index (χ0v) is 36.9. The van der Waals surface area contributed by atoms with Gasteiger partial charge in [-0.25, -0.2) is 0 Å². The topological polar surface area (TPSA) is 120 Å². The number of carbonyl (C=O) groups is 3. The molecule has 0 aliphatic rings. The van der Waals surface area contributed by atoms with Crippen LogP contribution in [-0.4, -0.2) is 59.6 Å². The van der Waals surface area contributed by atoms with Crippen molar-refractivity contribution < 1.29 is 29.7 Å². The second kappa shape index (κ2) is 46.3. The summed E-state index contributed by atoms with van der Waals surface area (Å²) in [4.78, 5) is 31.8. The van der Waals surface area contributed by atoms with E-state index in [1.54, 1.807) is 0 Å². The average Bonchev–Trinajstić information content (AvgIpc) is 3.06. The first kappa shape index (κ1) is 56.0. The van der Waals surface area contributed by atoms with E-state index in [0.29, 0.717) is 17.3 Å². The Kier molecular flexibility index (Phi) is 52.9. The second-order valence-electron chi connectivity index (χ2n) is 13.4. The summed E-state index contributed by atoms with van der Waals surface area (Å²) in [6.45, 7) is 6.66. The van der Waals surface area contributed by atoms with Crippen molar-refractivity contribution in [2.75, 3.05) is 17.3 Å². The molecule has 0 spiro atoms. The molecule has 0 N–H and O–H groups in total. The summed E-state index contributed by atoms with van der Waals surface area (Å²) in [6, 6.07) is 0. The molecule has 0 aliphatic carbocycles. The van der Waals surface area contributed by atoms with Gasteiger partial charge in [-0.15, -0.1) is 0 Å². The first-order chi connectivity index (χ1) is 23.2. The van der Waals surface area contributed by atoms with Crippen LogP contribution in [0, 0.1) is 17.8 Å². The normalized spacial score (nSPS) is 12.4. The Balaban J connectivity index is -0.000000307. The van der Waals surface area contributed by atoms with Crippen LogP contribution in [0.2, 0.25) is 0 Å². The van der Waals surface area contributed by atoms with Gasteiger partial charge in [0.05, 0.1) is 0 Å². The number of rotatable bonds is 33. The number of carboxylic acid groups (broad SMARTS) is 3. The monoisotopic (exact) mass is 856 g/mol. The Morgan fingerprint density at radius 1 is 0.367 bits per heavy atom. The molecule has 0 aliphatic heterocycles. The van der Waals surface area contributed by atoms with Crippen LogP contribution in [0.4, 0.5) is 0 Å². The maximum Gasteiger partial charge on any atom is 3.00 e. The Morgan fingerprint density at radius 2 is 0.531 bits per heavy atom. The second-order valence-corrected chi connectivity index (χ2v) is 14.5. The van der Waals surface area contributed by atoms with E-state index in [0.717, 1.165) is 57.8 Å². The summed E-state index contributed by atoms with van der Waals surface area (Å²) in [5, 5.41) is 31.8. The molecule has 49 heavy (non-hydrogen) atoms. The fourth-order valence-corrected chi connectivity index (χ4v) is 6.42. The van der Waals surface area contributed by atoms with Crippen LogP contribution in [0.5, 0.6) is 0 Å². The number of carboxylic acids is 3. The van der Waals surface area contributed by atoms with Gasteiger partial charge in [-0.2, -0.15) is 37.9 Å². The largest absolute Gasteiger partial charge is 3.00 e. The predicted octanol–water partition coefficient (Wildman–Crippen LogP) is 8.06. The third-order valence-corrected chi connectivity index (χ3v) is 10.2. The predicted molar refractivity (Wildman–Crippen MR) is 214 cm³/mol. The van der Waals surface area contributed by atoms with Gasteiger partial charge in [-0.1, -0.05) is 175 Å². The van der Waals surface area contributed by atoms with Crippen LogP contribution in [0.25, 0.3) is 0 Å². The molecule has 6 nitrogen and oxygen atoms in total. The van der Waals surface area contributed by atoms with Crippen molar-refractivity contribution >= 4 is 80.2 Å². The molecule has 290 valence electrons. The summed E-state index contributed by atoms with van der Waals surface area (Å²) >= 11 is 12.0. The van der Waals surface area contributed by atoms with Gasteiger partial charge in [0.1, 0.15) is 0 Å². The van der Waals surface area contributed by atoms with Gasteiger partial charge in [-0.05, 0) is 36.5 Å². The van der Waals surface area contributed by atoms with E-state index in [4.69, 9.17) is 0 Å². The van der Waals surface area contributed by atoms with Crippen LogP contribution >= 0.6 is 37.9 Å². The van der Waals surface area contributed by atoms with Crippen molar-refractivity contribution in [2.45, 2.75) is 194 Å². The maximum atomic E-state index is 10.6. The molecule has 0 fully saturated rings. The van der Waals surface area contributed by atoms with Gasteiger partial charge in [-0.3, -0.25) is 0 Å². The van der Waals surface area contributed by atoms with Crippen LogP contribution < -0.4 is 15.3 Å². The van der Waals surface area contributed by atoms with Crippen LogP contribution in [-0.2, 0) is 14.4 Å². The number of unbranched alkanes of at least 4 members (excludes halogenated alkanes) is 21. The minimum atomic E-state index is -0.946. The van der Waals surface area contributed by atoms with E-state index < -0.39 is 17.9 Å². The van der Waals surface area contributed by atoms with E-state index in [2.05, 4.69) is 58.7 Å². The molecule has 0 heterocycles. The zero-order chi connectivity index (χ0) is 36.7. The SMILES string of the molecule is CCCCCCCCCCC(CS)C(=O)[O-].CCCCCCCCCCC(CS)C(=O)[O-].CCCCCCCCCCC(CS)C(=O)[O-].[Sb+3]. The quantitative estimate of drug-likeness (QED) is 0.0349. The average molecular weight is 858 g/mol. The molecule has 2 radical (unpaired) electrons. The summed E-state index contributed by atoms with van der Waals surface area (Å²) in [5.41, 5.74) is 0. The van der Waals surface area contributed by atoms with E-state index in [1.807, 2.05) is 0 Å². The third-order valence-electron chi connectivity index (χ3n) is 8.88. The molecule has 0 rings (SSSR count). The van der Waals surface area contributed by atoms with E-state index >= 15 is 0 Å². The smallest absolute Gasteiger partial charge is 0.550 e. The number of aliphatic carboxylic acids is 3. The van der Waals surface area contributed by atoms with Crippen molar-refractivity contribution in [3.8, 4) is 0 Å². The summed E-state index contributed by atoms with van der Waals surface area (Å²) in [6.07, 6.45) is 32.0. The molecule has 0 aromatic heterocycles. The number of hydrogen-bond acceptors (Lipinski definition) is 9. The standard InChI is InChI=1S/3C13H26O2S.Sb/c3*1-2-3-4-5-6-7-8-9-10-12(11-16)13(14)15;/h3*12,16H,2-11H2,1H3,(H,14,15);/q;;;+3/p-3. The molecule has 0 aromatic carbocycles. The Bertz CT molecular complexity index is 611. The molecule has 10 heteroatoms. The van der Waals surface area contributed by atoms with Crippen molar-refractivity contribution in [3.05, 3.63) is 0 Å². The minimum Gasteiger partial charge on any atom is -0.550 e. The van der Waals surface area contributed by atoms with Gasteiger partial charge >= 0.3 is 24.4 Å². The van der Waals surface area contributed by atoms with Gasteiger partial charge in [0.2, 0.25) is 0 Å². The van der Waals surface area contributed by atoms with Crippen LogP contribution in [0.1, 0.15) is 194 Å². The first-order valence-electron chi connectivity index (χ1n) is 19.6. The maximum absolute atomic E-state index is 10.6. The number of carbonyl (C=O) groups excluding carboxylic acids is 3. The molecular weight excluding hydrogens is 782 g/mol. The van der Waals surface area contributed by atoms with Crippen molar-refractivity contribution in [2.24, 2.45) is 17.8 Å². The van der Waals surface area contributed by atoms with Crippen molar-refractivity contribution in [3.63, 3.8) is 0 Å². The van der Waals surface area contributed by atoms with E-state index in [9.17, 15) is 29.7 Å². The van der Waals surface area contributed by atoms with Gasteiger partial charge in [0.25, 0.3) is 0 Å². The molecule has 0 aromatic rings. The molecule has 3 unspecified atom stereocenters. The summed E-state index contributed by atoms with van der Waals surface area (Å²) in [7, 11) is 0. The Morgan fingerprint density at radius 3 is 0.673 bits per heavy atom. The Labute approximate surface area is 337 Å². The molecular formula is C39H75O6S3Sb. The summed E-state index contributed by atoms with van der Waals surface area (Å²) in [5.74, 6) is -2.71. The minimum absolute atomic E-state index is 0. The van der Waals surface area contributed by atoms with Gasteiger partial charge in [0.15, 0.2) is 0 Å². The first-order valence-corrected chi connectivity index (χ1v) is 21.5. The molecule has 0 saturated heterocycles. The fraction of sp³-hybridized carbons (Fsp3) is 0.923. The Hall–Kier alpha value is 0.278. The van der Waals surface area contributed by atoms with E-state index in [1.165, 1.54) is 116 Å². The van der Waals surface area contributed by atoms with E-state index in [-0.39, 0.29) is 42.2 Å². The van der Waals surface area contributed by atoms with Crippen molar-refractivity contribution in [1.29, 1.82) is 0 Å². The summed E-state index contributed by atoms with van der Waals surface area (Å²) < 4.78 is 0. The van der Waals surface area contributed by atoms with Crippen LogP contribution in [0.15, 0.2) is 0 Å². The van der Waals surface area contributed by atoms with Gasteiger partial charge in [0, 0.05) is 35.7 Å². The molecule has 0 amide bonds. The molecule has 3 atom stereocenters. The molecule has 0 saturated carbocycles. The van der Waals surface area contributed by atoms with Gasteiger partial charge < -0.3 is 29.7 Å². The van der Waals surface area contributed by atoms with Crippen molar-refractivity contribution in [1.82, 2.24) is 0 Å². The number of hydrogen-bond donors (Lipinski definition) is 3. The third kappa shape index (κ3) is 44.4. The van der Waals surface area contributed by atoms with Crippen LogP contribution in [0.3, 0.4) is 0 Å².